The summed E-state index contributed by atoms with van der Waals surface area (Å²) in [5.41, 5.74) is 0.948. The normalized spacial score (nSPS) is 11.9. The zero-order chi connectivity index (χ0) is 14.6. The summed E-state index contributed by atoms with van der Waals surface area (Å²) in [4.78, 5) is 0.00109. The fraction of sp³-hybridized carbons (Fsp3) is 0.286. The zero-order valence-electron chi connectivity index (χ0n) is 11.1. The van der Waals surface area contributed by atoms with Gasteiger partial charge in [-0.05, 0) is 47.0 Å². The molecule has 3 nitrogen and oxygen atoms in total. The standard InChI is InChI=1S/C14H16FNO2S2/c1-2-7-16(10-12-6-8-19-11-12)20(17,18)14-5-3-4-13(15)9-14/h3-6,8-9,11H,2,7,10H2,1H3. The van der Waals surface area contributed by atoms with E-state index in [2.05, 4.69) is 0 Å². The molecule has 0 bridgehead atoms. The summed E-state index contributed by atoms with van der Waals surface area (Å²) in [5.74, 6) is -0.543. The van der Waals surface area contributed by atoms with E-state index in [1.807, 2.05) is 23.8 Å². The number of rotatable bonds is 6. The number of nitrogens with zero attached hydrogens (tertiary/aromatic N) is 1. The van der Waals surface area contributed by atoms with Crippen molar-refractivity contribution in [1.29, 1.82) is 0 Å². The van der Waals surface area contributed by atoms with Gasteiger partial charge in [0.1, 0.15) is 5.82 Å². The van der Waals surface area contributed by atoms with E-state index in [9.17, 15) is 12.8 Å². The van der Waals surface area contributed by atoms with Crippen LogP contribution in [0.3, 0.4) is 0 Å². The van der Waals surface area contributed by atoms with Crippen LogP contribution in [0.2, 0.25) is 0 Å². The molecule has 6 heteroatoms. The van der Waals surface area contributed by atoms with Crippen LogP contribution in [0.1, 0.15) is 18.9 Å². The lowest BCUT2D eigenvalue weighted by atomic mass is 10.3. The summed E-state index contributed by atoms with van der Waals surface area (Å²) >= 11 is 1.53. The molecule has 1 aromatic carbocycles. The molecule has 0 unspecified atom stereocenters. The topological polar surface area (TPSA) is 37.4 Å². The fourth-order valence-corrected chi connectivity index (χ4v) is 4.11. The first kappa shape index (κ1) is 15.2. The second kappa shape index (κ2) is 6.47. The number of hydrogen-bond donors (Lipinski definition) is 0. The van der Waals surface area contributed by atoms with E-state index in [-0.39, 0.29) is 4.90 Å². The summed E-state index contributed by atoms with van der Waals surface area (Å²) in [7, 11) is -3.66. The van der Waals surface area contributed by atoms with Crippen LogP contribution in [0.25, 0.3) is 0 Å². The molecule has 0 atom stereocenters. The molecule has 0 amide bonds. The monoisotopic (exact) mass is 313 g/mol. The van der Waals surface area contributed by atoms with Gasteiger partial charge in [-0.1, -0.05) is 13.0 Å². The van der Waals surface area contributed by atoms with Crippen LogP contribution in [0.5, 0.6) is 0 Å². The van der Waals surface area contributed by atoms with Crippen molar-refractivity contribution in [2.45, 2.75) is 24.8 Å². The van der Waals surface area contributed by atoms with Crippen LogP contribution in [0.15, 0.2) is 46.0 Å². The second-order valence-electron chi connectivity index (χ2n) is 4.43. The molecular formula is C14H16FNO2S2. The Morgan fingerprint density at radius 2 is 2.10 bits per heavy atom. The van der Waals surface area contributed by atoms with Crippen LogP contribution in [-0.2, 0) is 16.6 Å². The zero-order valence-corrected chi connectivity index (χ0v) is 12.8. The minimum atomic E-state index is -3.66. The van der Waals surface area contributed by atoms with Crippen molar-refractivity contribution in [3.8, 4) is 0 Å². The highest BCUT2D eigenvalue weighted by atomic mass is 32.2. The lowest BCUT2D eigenvalue weighted by molar-refractivity contribution is 0.405. The van der Waals surface area contributed by atoms with E-state index in [1.54, 1.807) is 0 Å². The highest BCUT2D eigenvalue weighted by molar-refractivity contribution is 7.89. The molecule has 0 N–H and O–H groups in total. The van der Waals surface area contributed by atoms with E-state index in [1.165, 1.54) is 33.8 Å². The van der Waals surface area contributed by atoms with Crippen LogP contribution >= 0.6 is 11.3 Å². The SMILES string of the molecule is CCCN(Cc1ccsc1)S(=O)(=O)c1cccc(F)c1. The highest BCUT2D eigenvalue weighted by Crippen LogP contribution is 2.20. The number of halogens is 1. The lowest BCUT2D eigenvalue weighted by Gasteiger charge is -2.21. The van der Waals surface area contributed by atoms with Gasteiger partial charge in [-0.2, -0.15) is 15.6 Å². The van der Waals surface area contributed by atoms with Crippen molar-refractivity contribution in [1.82, 2.24) is 4.31 Å². The third-order valence-corrected chi connectivity index (χ3v) is 5.42. The number of sulfonamides is 1. The summed E-state index contributed by atoms with van der Waals surface area (Å²) in [5, 5.41) is 3.83. The fourth-order valence-electron chi connectivity index (χ4n) is 1.90. The molecule has 20 heavy (non-hydrogen) atoms. The van der Waals surface area contributed by atoms with Crippen LogP contribution < -0.4 is 0 Å². The molecule has 1 heterocycles. The predicted octanol–water partition coefficient (Wildman–Crippen LogP) is 3.49. The Balaban J connectivity index is 2.32. The average molecular weight is 313 g/mol. The third-order valence-electron chi connectivity index (χ3n) is 2.85. The largest absolute Gasteiger partial charge is 0.243 e. The van der Waals surface area contributed by atoms with Crippen molar-refractivity contribution in [2.75, 3.05) is 6.54 Å². The average Bonchev–Trinajstić information content (AvgIpc) is 2.91. The number of benzene rings is 1. The Kier molecular flexibility index (Phi) is 4.91. The molecule has 1 aromatic heterocycles. The van der Waals surface area contributed by atoms with Gasteiger partial charge < -0.3 is 0 Å². The Labute approximate surface area is 122 Å². The second-order valence-corrected chi connectivity index (χ2v) is 7.15. The van der Waals surface area contributed by atoms with Crippen molar-refractivity contribution in [2.24, 2.45) is 0 Å². The van der Waals surface area contributed by atoms with Gasteiger partial charge in [-0.3, -0.25) is 0 Å². The molecule has 0 fully saturated rings. The van der Waals surface area contributed by atoms with Crippen molar-refractivity contribution < 1.29 is 12.8 Å². The van der Waals surface area contributed by atoms with Gasteiger partial charge in [0.25, 0.3) is 0 Å². The molecule has 0 aliphatic carbocycles. The molecule has 0 saturated heterocycles. The Bertz CT molecular complexity index is 654. The van der Waals surface area contributed by atoms with E-state index in [4.69, 9.17) is 0 Å². The Morgan fingerprint density at radius 1 is 1.30 bits per heavy atom. The molecule has 0 spiro atoms. The number of hydrogen-bond acceptors (Lipinski definition) is 3. The summed E-state index contributed by atoms with van der Waals surface area (Å²) in [6.45, 7) is 2.65. The van der Waals surface area contributed by atoms with Gasteiger partial charge in [0.05, 0.1) is 4.90 Å². The maximum Gasteiger partial charge on any atom is 0.243 e. The minimum Gasteiger partial charge on any atom is -0.207 e. The molecule has 108 valence electrons. The van der Waals surface area contributed by atoms with Crippen molar-refractivity contribution >= 4 is 21.4 Å². The minimum absolute atomic E-state index is 0.00109. The quantitative estimate of drug-likeness (QED) is 0.818. The van der Waals surface area contributed by atoms with Crippen LogP contribution in [-0.4, -0.2) is 19.3 Å². The summed E-state index contributed by atoms with van der Waals surface area (Å²) in [6.07, 6.45) is 0.707. The maximum absolute atomic E-state index is 13.2. The summed E-state index contributed by atoms with van der Waals surface area (Å²) in [6, 6.07) is 7.04. The van der Waals surface area contributed by atoms with Crippen LogP contribution in [0.4, 0.5) is 4.39 Å². The molecule has 0 aliphatic heterocycles. The number of thiophene rings is 1. The molecule has 2 aromatic rings. The first-order chi connectivity index (χ1) is 9.54. The molecule has 0 saturated carbocycles. The van der Waals surface area contributed by atoms with Gasteiger partial charge in [0, 0.05) is 13.1 Å². The lowest BCUT2D eigenvalue weighted by Crippen LogP contribution is -2.31. The molecule has 0 radical (unpaired) electrons. The van der Waals surface area contributed by atoms with E-state index in [0.29, 0.717) is 19.5 Å². The maximum atomic E-state index is 13.2. The molecule has 2 rings (SSSR count). The predicted molar refractivity (Wildman–Crippen MR) is 78.6 cm³/mol. The molecule has 0 aliphatic rings. The summed E-state index contributed by atoms with van der Waals surface area (Å²) < 4.78 is 39.8. The van der Waals surface area contributed by atoms with Crippen molar-refractivity contribution in [3.63, 3.8) is 0 Å². The third kappa shape index (κ3) is 3.45. The molecular weight excluding hydrogens is 297 g/mol. The van der Waals surface area contributed by atoms with E-state index >= 15 is 0 Å². The van der Waals surface area contributed by atoms with Gasteiger partial charge in [0.2, 0.25) is 10.0 Å². The smallest absolute Gasteiger partial charge is 0.207 e. The van der Waals surface area contributed by atoms with E-state index in [0.717, 1.165) is 11.6 Å². The Hall–Kier alpha value is -1.24. The van der Waals surface area contributed by atoms with Crippen LogP contribution in [0, 0.1) is 5.82 Å². The first-order valence-corrected chi connectivity index (χ1v) is 8.69. The first-order valence-electron chi connectivity index (χ1n) is 6.31. The van der Waals surface area contributed by atoms with Gasteiger partial charge in [-0.25, -0.2) is 12.8 Å². The van der Waals surface area contributed by atoms with E-state index < -0.39 is 15.8 Å². The van der Waals surface area contributed by atoms with Gasteiger partial charge >= 0.3 is 0 Å². The van der Waals surface area contributed by atoms with Crippen molar-refractivity contribution in [3.05, 3.63) is 52.5 Å². The van der Waals surface area contributed by atoms with Gasteiger partial charge in [-0.15, -0.1) is 0 Å². The highest BCUT2D eigenvalue weighted by Gasteiger charge is 2.24. The van der Waals surface area contributed by atoms with Gasteiger partial charge in [0.15, 0.2) is 0 Å². The Morgan fingerprint density at radius 3 is 2.70 bits per heavy atom.